The molecule has 30 heavy (non-hydrogen) atoms. The number of halogens is 1. The van der Waals surface area contributed by atoms with Crippen molar-refractivity contribution in [2.24, 2.45) is 10.9 Å². The third-order valence-corrected chi connectivity index (χ3v) is 5.30. The molecule has 0 radical (unpaired) electrons. The Morgan fingerprint density at radius 2 is 1.70 bits per heavy atom. The fourth-order valence-corrected chi connectivity index (χ4v) is 3.69. The number of aliphatic imine (C=N–C) groups is 1. The van der Waals surface area contributed by atoms with Gasteiger partial charge in [-0.3, -0.25) is 9.79 Å². The average Bonchev–Trinajstić information content (AvgIpc) is 3.13. The number of piperidine rings is 1. The molecule has 2 saturated heterocycles. The molecule has 0 aromatic carbocycles. The van der Waals surface area contributed by atoms with Gasteiger partial charge in [-0.25, -0.2) is 4.79 Å². The zero-order valence-corrected chi connectivity index (χ0v) is 21.5. The second-order valence-electron chi connectivity index (χ2n) is 8.95. The minimum atomic E-state index is -0.456. The van der Waals surface area contributed by atoms with Gasteiger partial charge >= 0.3 is 6.09 Å². The molecule has 0 aliphatic carbocycles. The molecular weight excluding hydrogens is 497 g/mol. The number of rotatable bonds is 5. The summed E-state index contributed by atoms with van der Waals surface area (Å²) in [7, 11) is 0. The van der Waals surface area contributed by atoms with E-state index in [2.05, 4.69) is 17.6 Å². The number of guanidine groups is 1. The zero-order valence-electron chi connectivity index (χ0n) is 19.2. The Bertz CT molecular complexity index is 586. The molecule has 0 spiro atoms. The third-order valence-electron chi connectivity index (χ3n) is 5.30. The molecule has 1 unspecified atom stereocenters. The Kier molecular flexibility index (Phi) is 11.2. The third kappa shape index (κ3) is 8.85. The number of ether oxygens (including phenoxy) is 1. The van der Waals surface area contributed by atoms with Crippen molar-refractivity contribution in [1.29, 1.82) is 0 Å². The predicted octanol–water partition coefficient (Wildman–Crippen LogP) is 2.82. The van der Waals surface area contributed by atoms with Crippen molar-refractivity contribution in [1.82, 2.24) is 20.4 Å². The Hall–Kier alpha value is -1.26. The van der Waals surface area contributed by atoms with Crippen molar-refractivity contribution < 1.29 is 14.3 Å². The predicted molar refractivity (Wildman–Crippen MR) is 130 cm³/mol. The van der Waals surface area contributed by atoms with Crippen LogP contribution in [-0.2, 0) is 9.53 Å². The van der Waals surface area contributed by atoms with Crippen LogP contribution in [0.15, 0.2) is 4.99 Å². The summed E-state index contributed by atoms with van der Waals surface area (Å²) in [6, 6.07) is 0.248. The highest BCUT2D eigenvalue weighted by molar-refractivity contribution is 14.0. The normalized spacial score (nSPS) is 20.6. The molecule has 2 N–H and O–H groups in total. The Morgan fingerprint density at radius 3 is 2.27 bits per heavy atom. The Balaban J connectivity index is 0.00000450. The van der Waals surface area contributed by atoms with E-state index in [1.165, 1.54) is 0 Å². The van der Waals surface area contributed by atoms with Gasteiger partial charge in [0.25, 0.3) is 0 Å². The van der Waals surface area contributed by atoms with Gasteiger partial charge in [0.1, 0.15) is 5.60 Å². The average molecular weight is 537 g/mol. The van der Waals surface area contributed by atoms with E-state index in [0.29, 0.717) is 12.3 Å². The van der Waals surface area contributed by atoms with Crippen molar-refractivity contribution in [3.63, 3.8) is 0 Å². The van der Waals surface area contributed by atoms with Crippen molar-refractivity contribution in [3.8, 4) is 0 Å². The van der Waals surface area contributed by atoms with E-state index < -0.39 is 5.60 Å². The Morgan fingerprint density at radius 1 is 1.07 bits per heavy atom. The summed E-state index contributed by atoms with van der Waals surface area (Å²) >= 11 is 0. The highest BCUT2D eigenvalue weighted by Crippen LogP contribution is 2.20. The lowest BCUT2D eigenvalue weighted by Crippen LogP contribution is -2.45. The smallest absolute Gasteiger partial charge is 0.410 e. The number of hydrogen-bond acceptors (Lipinski definition) is 4. The fourth-order valence-electron chi connectivity index (χ4n) is 3.69. The summed E-state index contributed by atoms with van der Waals surface area (Å²) in [5.74, 6) is 1.50. The van der Waals surface area contributed by atoms with Gasteiger partial charge in [0.2, 0.25) is 5.91 Å². The van der Waals surface area contributed by atoms with Crippen molar-refractivity contribution >= 4 is 41.9 Å². The molecule has 8 nitrogen and oxygen atoms in total. The number of nitrogens with one attached hydrogen (secondary N) is 2. The van der Waals surface area contributed by atoms with Gasteiger partial charge in [-0.1, -0.05) is 6.92 Å². The number of carbonyl (C=O) groups excluding carboxylic acids is 2. The number of amides is 2. The summed E-state index contributed by atoms with van der Waals surface area (Å²) < 4.78 is 5.46. The van der Waals surface area contributed by atoms with Crippen LogP contribution < -0.4 is 10.6 Å². The van der Waals surface area contributed by atoms with Gasteiger partial charge in [0, 0.05) is 51.7 Å². The second kappa shape index (κ2) is 12.6. The molecule has 0 aromatic heterocycles. The van der Waals surface area contributed by atoms with Crippen LogP contribution in [0.2, 0.25) is 0 Å². The lowest BCUT2D eigenvalue weighted by Gasteiger charge is -2.33. The first-order chi connectivity index (χ1) is 13.7. The van der Waals surface area contributed by atoms with Crippen LogP contribution >= 0.6 is 24.0 Å². The molecule has 0 bridgehead atoms. The monoisotopic (exact) mass is 537 g/mol. The quantitative estimate of drug-likeness (QED) is 0.320. The van der Waals surface area contributed by atoms with Crippen LogP contribution in [0, 0.1) is 5.92 Å². The van der Waals surface area contributed by atoms with E-state index in [-0.39, 0.29) is 42.0 Å². The van der Waals surface area contributed by atoms with Crippen molar-refractivity contribution in [3.05, 3.63) is 0 Å². The highest BCUT2D eigenvalue weighted by Gasteiger charge is 2.28. The lowest BCUT2D eigenvalue weighted by molar-refractivity contribution is -0.129. The van der Waals surface area contributed by atoms with Crippen molar-refractivity contribution in [2.75, 3.05) is 39.3 Å². The summed E-state index contributed by atoms with van der Waals surface area (Å²) in [6.07, 6.45) is 3.16. The fraction of sp³-hybridized carbons (Fsp3) is 0.857. The molecule has 0 saturated carbocycles. The van der Waals surface area contributed by atoms with E-state index in [0.717, 1.165) is 64.5 Å². The van der Waals surface area contributed by atoms with Gasteiger partial charge in [0.15, 0.2) is 5.96 Å². The van der Waals surface area contributed by atoms with Gasteiger partial charge in [-0.15, -0.1) is 24.0 Å². The second-order valence-corrected chi connectivity index (χ2v) is 8.95. The first kappa shape index (κ1) is 26.8. The van der Waals surface area contributed by atoms with Crippen molar-refractivity contribution in [2.45, 2.75) is 71.9 Å². The molecule has 1 atom stereocenters. The molecular formula is C21H40IN5O3. The number of hydrogen-bond donors (Lipinski definition) is 2. The van der Waals surface area contributed by atoms with E-state index >= 15 is 0 Å². The lowest BCUT2D eigenvalue weighted by atomic mass is 9.97. The Labute approximate surface area is 198 Å². The maximum Gasteiger partial charge on any atom is 0.410 e. The van der Waals surface area contributed by atoms with Crippen LogP contribution in [0.1, 0.15) is 60.3 Å². The number of likely N-dealkylation sites (tertiary alicyclic amines) is 2. The molecule has 174 valence electrons. The maximum atomic E-state index is 12.2. The highest BCUT2D eigenvalue weighted by atomic mass is 127. The molecule has 2 rings (SSSR count). The largest absolute Gasteiger partial charge is 0.444 e. The van der Waals surface area contributed by atoms with E-state index in [4.69, 9.17) is 9.73 Å². The number of nitrogens with zero attached hydrogens (tertiary/aromatic N) is 3. The van der Waals surface area contributed by atoms with Gasteiger partial charge in [-0.05, 0) is 52.9 Å². The number of carbonyl (C=O) groups is 2. The van der Waals surface area contributed by atoms with Crippen LogP contribution in [0.4, 0.5) is 4.79 Å². The SMILES string of the molecule is CCNC(=NCC1CCN(C(=O)OC(C)(C)C)CC1)NC1CCN(C(=O)CC)C1.I. The van der Waals surface area contributed by atoms with Crippen LogP contribution in [0.25, 0.3) is 0 Å². The first-order valence-corrected chi connectivity index (χ1v) is 11.0. The minimum Gasteiger partial charge on any atom is -0.444 e. The molecule has 2 aliphatic rings. The molecule has 9 heteroatoms. The molecule has 2 heterocycles. The van der Waals surface area contributed by atoms with Gasteiger partial charge in [0.05, 0.1) is 0 Å². The topological polar surface area (TPSA) is 86.3 Å². The summed E-state index contributed by atoms with van der Waals surface area (Å²) in [5.41, 5.74) is -0.456. The van der Waals surface area contributed by atoms with Gasteiger partial charge < -0.3 is 25.2 Å². The minimum absolute atomic E-state index is 0. The zero-order chi connectivity index (χ0) is 21.4. The molecule has 0 aromatic rings. The maximum absolute atomic E-state index is 12.2. The van der Waals surface area contributed by atoms with Crippen LogP contribution in [0.3, 0.4) is 0 Å². The first-order valence-electron chi connectivity index (χ1n) is 11.0. The van der Waals surface area contributed by atoms with E-state index in [9.17, 15) is 9.59 Å². The van der Waals surface area contributed by atoms with Crippen LogP contribution in [-0.4, -0.2) is 78.7 Å². The molecule has 2 aliphatic heterocycles. The van der Waals surface area contributed by atoms with Gasteiger partial charge in [-0.2, -0.15) is 0 Å². The summed E-state index contributed by atoms with van der Waals surface area (Å²) in [5, 5.41) is 6.79. The summed E-state index contributed by atoms with van der Waals surface area (Å²) in [4.78, 5) is 32.6. The van der Waals surface area contributed by atoms with E-state index in [1.54, 1.807) is 4.90 Å². The summed E-state index contributed by atoms with van der Waals surface area (Å²) in [6.45, 7) is 14.2. The molecule has 2 fully saturated rings. The molecule has 2 amide bonds. The standard InChI is InChI=1S/C21H39N5O3.HI/c1-6-18(27)26-13-10-17(15-26)24-19(22-7-2)23-14-16-8-11-25(12-9-16)20(28)29-21(3,4)5;/h16-17H,6-15H2,1-5H3,(H2,22,23,24);1H. The van der Waals surface area contributed by atoms with Crippen LogP contribution in [0.5, 0.6) is 0 Å². The van der Waals surface area contributed by atoms with E-state index in [1.807, 2.05) is 32.6 Å².